The lowest BCUT2D eigenvalue weighted by Crippen LogP contribution is -2.09. The van der Waals surface area contributed by atoms with E-state index in [0.717, 1.165) is 5.01 Å². The van der Waals surface area contributed by atoms with Gasteiger partial charge in [-0.1, -0.05) is 29.4 Å². The molecule has 0 unspecified atom stereocenters. The number of alkyl halides is 2. The van der Waals surface area contributed by atoms with Crippen LogP contribution in [0.1, 0.15) is 10.7 Å². The maximum absolute atomic E-state index is 12.6. The molecule has 1 N–H and O–H groups in total. The molecule has 2 rings (SSSR count). The number of thiazole rings is 1. The number of carbonyl (C=O) groups excluding carboxylic acids is 1. The second-order valence-corrected chi connectivity index (χ2v) is 6.58. The number of hydrogen-bond donors (Lipinski definition) is 1. The molecule has 0 radical (unpaired) electrons. The molecule has 1 aromatic carbocycles. The van der Waals surface area contributed by atoms with Crippen LogP contribution < -0.4 is 5.32 Å². The van der Waals surface area contributed by atoms with E-state index in [1.807, 2.05) is 12.3 Å². The van der Waals surface area contributed by atoms with Crippen LogP contribution in [0.2, 0.25) is 5.02 Å². The first-order chi connectivity index (χ1) is 10.5. The summed E-state index contributed by atoms with van der Waals surface area (Å²) in [4.78, 5) is 16.2. The largest absolute Gasteiger partial charge is 0.321 e. The molecule has 0 saturated heterocycles. The fraction of sp³-hybridized carbons (Fsp3) is 0.143. The number of anilines is 1. The molecule has 0 aliphatic carbocycles. The Hall–Kier alpha value is -1.44. The Morgan fingerprint density at radius 2 is 2.27 bits per heavy atom. The molecule has 0 bridgehead atoms. The zero-order chi connectivity index (χ0) is 16.1. The number of hydrogen-bond acceptors (Lipinski definition) is 4. The molecule has 2 aromatic rings. The third-order valence-corrected chi connectivity index (χ3v) is 4.55. The Labute approximate surface area is 139 Å². The molecule has 1 aromatic heterocycles. The molecule has 0 atom stereocenters. The van der Waals surface area contributed by atoms with E-state index < -0.39 is 11.7 Å². The molecule has 0 saturated carbocycles. The van der Waals surface area contributed by atoms with Crippen molar-refractivity contribution in [2.24, 2.45) is 0 Å². The molecule has 0 aliphatic rings. The highest BCUT2D eigenvalue weighted by Gasteiger charge is 2.14. The van der Waals surface area contributed by atoms with Crippen LogP contribution in [-0.4, -0.2) is 16.6 Å². The first-order valence-corrected chi connectivity index (χ1v) is 8.24. The minimum atomic E-state index is -2.62. The molecule has 3 nitrogen and oxygen atoms in total. The van der Waals surface area contributed by atoms with Crippen molar-refractivity contribution in [1.29, 1.82) is 0 Å². The van der Waals surface area contributed by atoms with E-state index in [1.165, 1.54) is 29.5 Å². The van der Waals surface area contributed by atoms with Gasteiger partial charge in [-0.15, -0.1) is 11.3 Å². The monoisotopic (exact) mass is 360 g/mol. The van der Waals surface area contributed by atoms with Gasteiger partial charge in [0.1, 0.15) is 0 Å². The number of aromatic nitrogens is 1. The maximum Gasteiger partial charge on any atom is 0.289 e. The predicted octanol–water partition coefficient (Wildman–Crippen LogP) is 5.07. The van der Waals surface area contributed by atoms with Gasteiger partial charge in [0.2, 0.25) is 5.91 Å². The summed E-state index contributed by atoms with van der Waals surface area (Å²) in [6.45, 7) is 1.86. The number of halogens is 3. The van der Waals surface area contributed by atoms with E-state index in [2.05, 4.69) is 10.3 Å². The van der Waals surface area contributed by atoms with Crippen LogP contribution in [0.25, 0.3) is 6.08 Å². The van der Waals surface area contributed by atoms with Gasteiger partial charge in [-0.2, -0.15) is 8.78 Å². The molecule has 0 aliphatic heterocycles. The first kappa shape index (κ1) is 16.9. The Kier molecular flexibility index (Phi) is 5.93. The Morgan fingerprint density at radius 1 is 1.50 bits per heavy atom. The summed E-state index contributed by atoms with van der Waals surface area (Å²) in [6.07, 6.45) is 2.86. The predicted molar refractivity (Wildman–Crippen MR) is 87.8 cm³/mol. The fourth-order valence-electron chi connectivity index (χ4n) is 1.61. The van der Waals surface area contributed by atoms with Crippen LogP contribution in [0.3, 0.4) is 0 Å². The van der Waals surface area contributed by atoms with Crippen LogP contribution in [0.4, 0.5) is 14.5 Å². The van der Waals surface area contributed by atoms with Gasteiger partial charge in [0.05, 0.1) is 26.3 Å². The number of rotatable bonds is 5. The van der Waals surface area contributed by atoms with E-state index in [1.54, 1.807) is 12.1 Å². The number of benzene rings is 1. The fourth-order valence-corrected chi connectivity index (χ4v) is 3.10. The molecular weight excluding hydrogens is 350 g/mol. The SMILES string of the molecule is Cc1nc(/C=C/C(=O)Nc2cccc(Cl)c2SC(F)F)cs1. The van der Waals surface area contributed by atoms with Crippen molar-refractivity contribution in [3.05, 3.63) is 45.4 Å². The molecule has 0 spiro atoms. The van der Waals surface area contributed by atoms with Crippen LogP contribution in [0.5, 0.6) is 0 Å². The Bertz CT molecular complexity index is 704. The number of nitrogens with one attached hydrogen (secondary N) is 1. The third kappa shape index (κ3) is 4.79. The molecule has 8 heteroatoms. The van der Waals surface area contributed by atoms with Gasteiger partial charge in [0.25, 0.3) is 5.76 Å². The van der Waals surface area contributed by atoms with Gasteiger partial charge in [0, 0.05) is 11.5 Å². The van der Waals surface area contributed by atoms with Crippen LogP contribution in [0, 0.1) is 6.92 Å². The second-order valence-electron chi connectivity index (χ2n) is 4.11. The van der Waals surface area contributed by atoms with Crippen LogP contribution in [0.15, 0.2) is 34.6 Å². The van der Waals surface area contributed by atoms with Crippen molar-refractivity contribution in [1.82, 2.24) is 4.98 Å². The number of amides is 1. The smallest absolute Gasteiger partial charge is 0.289 e. The van der Waals surface area contributed by atoms with Crippen LogP contribution in [-0.2, 0) is 4.79 Å². The molecule has 22 heavy (non-hydrogen) atoms. The molecule has 116 valence electrons. The van der Waals surface area contributed by atoms with E-state index in [4.69, 9.17) is 11.6 Å². The lowest BCUT2D eigenvalue weighted by Gasteiger charge is -2.10. The number of thioether (sulfide) groups is 1. The minimum Gasteiger partial charge on any atom is -0.321 e. The summed E-state index contributed by atoms with van der Waals surface area (Å²) in [5.74, 6) is -3.06. The van der Waals surface area contributed by atoms with E-state index in [0.29, 0.717) is 17.5 Å². The van der Waals surface area contributed by atoms with Crippen molar-refractivity contribution >= 4 is 52.4 Å². The topological polar surface area (TPSA) is 42.0 Å². The average Bonchev–Trinajstić information content (AvgIpc) is 2.86. The summed E-state index contributed by atoms with van der Waals surface area (Å²) >= 11 is 7.67. The van der Waals surface area contributed by atoms with Gasteiger partial charge in [-0.25, -0.2) is 4.98 Å². The zero-order valence-electron chi connectivity index (χ0n) is 11.3. The lowest BCUT2D eigenvalue weighted by molar-refractivity contribution is -0.111. The average molecular weight is 361 g/mol. The molecule has 1 heterocycles. The number of carbonyl (C=O) groups is 1. The van der Waals surface area contributed by atoms with Crippen molar-refractivity contribution in [3.8, 4) is 0 Å². The normalized spacial score (nSPS) is 11.3. The van der Waals surface area contributed by atoms with Crippen LogP contribution >= 0.6 is 34.7 Å². The van der Waals surface area contributed by atoms with Gasteiger partial charge in [-0.05, 0) is 25.1 Å². The second kappa shape index (κ2) is 7.71. The number of aryl methyl sites for hydroxylation is 1. The summed E-state index contributed by atoms with van der Waals surface area (Å²) in [5.41, 5.74) is 0.924. The highest BCUT2D eigenvalue weighted by Crippen LogP contribution is 2.37. The van der Waals surface area contributed by atoms with Gasteiger partial charge in [-0.3, -0.25) is 4.79 Å². The quantitative estimate of drug-likeness (QED) is 0.597. The first-order valence-electron chi connectivity index (χ1n) is 6.10. The minimum absolute atomic E-state index is 0.144. The van der Waals surface area contributed by atoms with Crippen molar-refractivity contribution < 1.29 is 13.6 Å². The molecular formula is C14H11ClF2N2OS2. The summed E-state index contributed by atoms with van der Waals surface area (Å²) in [6, 6.07) is 4.60. The van der Waals surface area contributed by atoms with Crippen molar-refractivity contribution in [2.75, 3.05) is 5.32 Å². The van der Waals surface area contributed by atoms with E-state index in [-0.39, 0.29) is 15.6 Å². The summed E-state index contributed by atoms with van der Waals surface area (Å²) < 4.78 is 25.1. The van der Waals surface area contributed by atoms with Gasteiger partial charge in [0.15, 0.2) is 0 Å². The highest BCUT2D eigenvalue weighted by atomic mass is 35.5. The summed E-state index contributed by atoms with van der Waals surface area (Å²) in [7, 11) is 0. The molecule has 0 fully saturated rings. The van der Waals surface area contributed by atoms with Crippen molar-refractivity contribution in [2.45, 2.75) is 17.6 Å². The van der Waals surface area contributed by atoms with E-state index in [9.17, 15) is 13.6 Å². The highest BCUT2D eigenvalue weighted by molar-refractivity contribution is 7.99. The Morgan fingerprint density at radius 3 is 2.91 bits per heavy atom. The third-order valence-electron chi connectivity index (χ3n) is 2.47. The summed E-state index contributed by atoms with van der Waals surface area (Å²) in [5, 5.41) is 5.42. The standard InChI is InChI=1S/C14H11ClF2N2OS2/c1-8-18-9(7-21-8)5-6-12(20)19-11-4-2-3-10(15)13(11)22-14(16)17/h2-7,14H,1H3,(H,19,20)/b6-5+. The van der Waals surface area contributed by atoms with Gasteiger partial charge >= 0.3 is 0 Å². The van der Waals surface area contributed by atoms with E-state index >= 15 is 0 Å². The van der Waals surface area contributed by atoms with Crippen molar-refractivity contribution in [3.63, 3.8) is 0 Å². The zero-order valence-corrected chi connectivity index (χ0v) is 13.7. The Balaban J connectivity index is 2.11. The van der Waals surface area contributed by atoms with Gasteiger partial charge < -0.3 is 5.32 Å². The maximum atomic E-state index is 12.6. The lowest BCUT2D eigenvalue weighted by atomic mass is 10.3. The molecule has 1 amide bonds. The number of nitrogens with zero attached hydrogens (tertiary/aromatic N) is 1.